The summed E-state index contributed by atoms with van der Waals surface area (Å²) in [7, 11) is 0. The van der Waals surface area contributed by atoms with Gasteiger partial charge in [-0.3, -0.25) is 14.6 Å². The fourth-order valence-electron chi connectivity index (χ4n) is 5.74. The SMILES string of the molecule is CC1(C)C(=O)N(Cc2nc(-c3ccc(Oc4ccccc4SCC4CCOC4)c(C(F)(F)F)c3)no2)C(=O)N1CCN1CCOCC1. The molecule has 0 spiro atoms. The highest BCUT2D eigenvalue weighted by atomic mass is 32.2. The fraction of sp³-hybridized carbons (Fsp3) is 0.500. The summed E-state index contributed by atoms with van der Waals surface area (Å²) in [6.45, 7) is 8.09. The Kier molecular flexibility index (Phi) is 9.78. The van der Waals surface area contributed by atoms with Crippen molar-refractivity contribution in [3.8, 4) is 22.9 Å². The van der Waals surface area contributed by atoms with Gasteiger partial charge in [0.15, 0.2) is 0 Å². The van der Waals surface area contributed by atoms with E-state index in [2.05, 4.69) is 15.0 Å². The van der Waals surface area contributed by atoms with Crippen LogP contribution >= 0.6 is 11.8 Å². The molecule has 47 heavy (non-hydrogen) atoms. The number of ether oxygens (including phenoxy) is 3. The minimum Gasteiger partial charge on any atom is -0.456 e. The van der Waals surface area contributed by atoms with Crippen LogP contribution in [0.4, 0.5) is 18.0 Å². The summed E-state index contributed by atoms with van der Waals surface area (Å²) in [6, 6.07) is 10.0. The highest BCUT2D eigenvalue weighted by Crippen LogP contribution is 2.42. The summed E-state index contributed by atoms with van der Waals surface area (Å²) in [5.41, 5.74) is -2.06. The Hall–Kier alpha value is -3.66. The zero-order valence-corrected chi connectivity index (χ0v) is 26.9. The van der Waals surface area contributed by atoms with E-state index in [0.29, 0.717) is 51.2 Å². The summed E-state index contributed by atoms with van der Waals surface area (Å²) >= 11 is 1.52. The van der Waals surface area contributed by atoms with E-state index in [1.54, 1.807) is 26.0 Å². The topological polar surface area (TPSA) is 110 Å². The Labute approximate surface area is 274 Å². The van der Waals surface area contributed by atoms with Gasteiger partial charge in [0.25, 0.3) is 5.91 Å². The summed E-state index contributed by atoms with van der Waals surface area (Å²) in [5.74, 6) is 0.470. The van der Waals surface area contributed by atoms with Gasteiger partial charge < -0.3 is 23.6 Å². The third kappa shape index (κ3) is 7.42. The molecule has 3 fully saturated rings. The molecule has 4 heterocycles. The number of hydrogen-bond acceptors (Lipinski definition) is 10. The Morgan fingerprint density at radius 2 is 1.81 bits per heavy atom. The van der Waals surface area contributed by atoms with E-state index >= 15 is 0 Å². The smallest absolute Gasteiger partial charge is 0.420 e. The Balaban J connectivity index is 1.16. The third-order valence-corrected chi connectivity index (χ3v) is 9.81. The number of amides is 3. The standard InChI is InChI=1S/C32H36F3N5O6S/c1-31(2)29(41)39(30(42)40(31)11-10-38-12-15-43-16-13-38)18-27-36-28(37-46-27)22-7-8-24(23(17-22)32(33,34)35)45-25-5-3-4-6-26(25)47-20-21-9-14-44-19-21/h3-8,17,21H,9-16,18-20H2,1-2H3. The molecule has 1 unspecified atom stereocenters. The lowest BCUT2D eigenvalue weighted by Gasteiger charge is -2.32. The van der Waals surface area contributed by atoms with E-state index in [1.165, 1.54) is 28.8 Å². The van der Waals surface area contributed by atoms with Crippen LogP contribution < -0.4 is 4.74 Å². The van der Waals surface area contributed by atoms with E-state index in [1.807, 2.05) is 12.1 Å². The Morgan fingerprint density at radius 3 is 2.55 bits per heavy atom. The number of urea groups is 1. The molecule has 0 saturated carbocycles. The summed E-state index contributed by atoms with van der Waals surface area (Å²) in [6.07, 6.45) is -3.80. The minimum absolute atomic E-state index is 0.0371. The van der Waals surface area contributed by atoms with Crippen LogP contribution in [0, 0.1) is 5.92 Å². The molecular formula is C32H36F3N5O6S. The van der Waals surface area contributed by atoms with Crippen molar-refractivity contribution in [3.05, 3.63) is 53.9 Å². The predicted octanol–water partition coefficient (Wildman–Crippen LogP) is 5.55. The molecule has 3 aliphatic rings. The molecule has 0 aliphatic carbocycles. The number of para-hydroxylation sites is 1. The lowest BCUT2D eigenvalue weighted by molar-refractivity contribution is -0.138. The molecule has 252 valence electrons. The van der Waals surface area contributed by atoms with Crippen LogP contribution in [-0.2, 0) is 27.0 Å². The van der Waals surface area contributed by atoms with E-state index in [0.717, 1.165) is 41.1 Å². The number of rotatable bonds is 11. The number of thioether (sulfide) groups is 1. The van der Waals surface area contributed by atoms with Gasteiger partial charge in [-0.15, -0.1) is 11.8 Å². The van der Waals surface area contributed by atoms with E-state index < -0.39 is 29.2 Å². The number of halogens is 3. The highest BCUT2D eigenvalue weighted by molar-refractivity contribution is 7.99. The number of nitrogens with zero attached hydrogens (tertiary/aromatic N) is 5. The quantitative estimate of drug-likeness (QED) is 0.190. The molecule has 1 aromatic heterocycles. The molecule has 11 nitrogen and oxygen atoms in total. The summed E-state index contributed by atoms with van der Waals surface area (Å²) < 4.78 is 64.8. The van der Waals surface area contributed by atoms with Gasteiger partial charge in [-0.2, -0.15) is 18.2 Å². The number of carbonyl (C=O) groups excluding carboxylic acids is 2. The van der Waals surface area contributed by atoms with Gasteiger partial charge in [-0.1, -0.05) is 17.3 Å². The molecule has 0 bridgehead atoms. The van der Waals surface area contributed by atoms with Gasteiger partial charge in [0.1, 0.15) is 23.6 Å². The van der Waals surface area contributed by atoms with Crippen molar-refractivity contribution in [2.75, 3.05) is 58.4 Å². The molecule has 0 N–H and O–H groups in total. The van der Waals surface area contributed by atoms with E-state index in [-0.39, 0.29) is 29.6 Å². The maximum atomic E-state index is 14.3. The second-order valence-corrected chi connectivity index (χ2v) is 13.2. The Bertz CT molecular complexity index is 1590. The van der Waals surface area contributed by atoms with Crippen LogP contribution in [0.3, 0.4) is 0 Å². The number of benzene rings is 2. The zero-order valence-electron chi connectivity index (χ0n) is 26.1. The second kappa shape index (κ2) is 13.8. The van der Waals surface area contributed by atoms with Crippen molar-refractivity contribution < 1.29 is 41.5 Å². The fourth-order valence-corrected chi connectivity index (χ4v) is 6.85. The monoisotopic (exact) mass is 675 g/mol. The van der Waals surface area contributed by atoms with Gasteiger partial charge in [0.05, 0.1) is 30.3 Å². The van der Waals surface area contributed by atoms with Crippen LogP contribution in [0.5, 0.6) is 11.5 Å². The first-order valence-electron chi connectivity index (χ1n) is 15.5. The van der Waals surface area contributed by atoms with E-state index in [4.69, 9.17) is 18.7 Å². The van der Waals surface area contributed by atoms with Crippen molar-refractivity contribution >= 4 is 23.7 Å². The molecule has 15 heteroatoms. The number of carbonyl (C=O) groups is 2. The van der Waals surface area contributed by atoms with Crippen molar-refractivity contribution in [2.24, 2.45) is 5.92 Å². The van der Waals surface area contributed by atoms with Crippen LogP contribution in [0.15, 0.2) is 51.9 Å². The number of imide groups is 1. The van der Waals surface area contributed by atoms with Crippen LogP contribution in [-0.4, -0.2) is 101 Å². The first-order valence-corrected chi connectivity index (χ1v) is 16.4. The summed E-state index contributed by atoms with van der Waals surface area (Å²) in [4.78, 5) is 36.2. The molecular weight excluding hydrogens is 639 g/mol. The lowest BCUT2D eigenvalue weighted by atomic mass is 10.0. The number of hydrogen-bond donors (Lipinski definition) is 0. The van der Waals surface area contributed by atoms with Crippen molar-refractivity contribution in [3.63, 3.8) is 0 Å². The first kappa shape index (κ1) is 33.2. The zero-order chi connectivity index (χ0) is 33.2. The molecule has 3 aromatic rings. The minimum atomic E-state index is -4.74. The van der Waals surface area contributed by atoms with Gasteiger partial charge in [0, 0.05) is 44.1 Å². The highest BCUT2D eigenvalue weighted by Gasteiger charge is 2.51. The number of alkyl halides is 3. The normalized spacial score (nSPS) is 20.4. The maximum Gasteiger partial charge on any atom is 0.420 e. The molecule has 1 atom stereocenters. The number of morpholine rings is 1. The average molecular weight is 676 g/mol. The number of aromatic nitrogens is 2. The van der Waals surface area contributed by atoms with Gasteiger partial charge in [0.2, 0.25) is 11.7 Å². The molecule has 6 rings (SSSR count). The van der Waals surface area contributed by atoms with Gasteiger partial charge in [-0.05, 0) is 56.5 Å². The summed E-state index contributed by atoms with van der Waals surface area (Å²) in [5, 5.41) is 3.86. The van der Waals surface area contributed by atoms with Crippen LogP contribution in [0.2, 0.25) is 0 Å². The van der Waals surface area contributed by atoms with Crippen molar-refractivity contribution in [1.29, 1.82) is 0 Å². The second-order valence-electron chi connectivity index (χ2n) is 12.1. The van der Waals surface area contributed by atoms with Crippen LogP contribution in [0.25, 0.3) is 11.4 Å². The predicted molar refractivity (Wildman–Crippen MR) is 165 cm³/mol. The van der Waals surface area contributed by atoms with E-state index in [9.17, 15) is 22.8 Å². The van der Waals surface area contributed by atoms with Gasteiger partial charge >= 0.3 is 12.2 Å². The van der Waals surface area contributed by atoms with Gasteiger partial charge in [-0.25, -0.2) is 4.79 Å². The maximum absolute atomic E-state index is 14.3. The first-order chi connectivity index (χ1) is 22.5. The average Bonchev–Trinajstić information content (AvgIpc) is 3.78. The molecule has 3 aliphatic heterocycles. The molecule has 3 saturated heterocycles. The lowest BCUT2D eigenvalue weighted by Crippen LogP contribution is -2.48. The van der Waals surface area contributed by atoms with Crippen molar-refractivity contribution in [2.45, 2.75) is 43.4 Å². The third-order valence-electron chi connectivity index (χ3n) is 8.52. The molecule has 2 aromatic carbocycles. The van der Waals surface area contributed by atoms with Crippen LogP contribution in [0.1, 0.15) is 31.7 Å². The van der Waals surface area contributed by atoms with Crippen molar-refractivity contribution in [1.82, 2.24) is 24.8 Å². The largest absolute Gasteiger partial charge is 0.456 e. The molecule has 3 amide bonds. The Morgan fingerprint density at radius 1 is 1.02 bits per heavy atom. The molecule has 0 radical (unpaired) electrons.